The summed E-state index contributed by atoms with van der Waals surface area (Å²) in [7, 11) is 0. The minimum atomic E-state index is 0.291. The maximum Gasteiger partial charge on any atom is 0.151 e. The second-order valence-corrected chi connectivity index (χ2v) is 2.58. The Morgan fingerprint density at radius 1 is 0.643 bits per heavy atom. The molecule has 2 heterocycles. The Balaban J connectivity index is 2.61. The van der Waals surface area contributed by atoms with Crippen LogP contribution in [-0.4, -0.2) is 19.9 Å². The van der Waals surface area contributed by atoms with E-state index in [0.717, 1.165) is 0 Å². The maximum atomic E-state index is 5.62. The predicted octanol–water partition coefficient (Wildman–Crippen LogP) is 0.0980. The second-order valence-electron chi connectivity index (χ2n) is 2.58. The van der Waals surface area contributed by atoms with Crippen molar-refractivity contribution in [3.05, 3.63) is 24.8 Å². The van der Waals surface area contributed by atoms with Crippen molar-refractivity contribution >= 4 is 11.6 Å². The van der Waals surface area contributed by atoms with Crippen LogP contribution in [0.3, 0.4) is 0 Å². The molecule has 0 aromatic carbocycles. The highest BCUT2D eigenvalue weighted by Gasteiger charge is 2.09. The fourth-order valence-electron chi connectivity index (χ4n) is 1.06. The van der Waals surface area contributed by atoms with Crippen molar-refractivity contribution in [1.82, 2.24) is 19.9 Å². The Bertz CT molecular complexity index is 412. The zero-order valence-electron chi connectivity index (χ0n) is 7.25. The van der Waals surface area contributed by atoms with E-state index in [1.54, 1.807) is 0 Å². The number of anilines is 2. The van der Waals surface area contributed by atoms with Crippen molar-refractivity contribution < 1.29 is 0 Å². The Morgan fingerprint density at radius 3 is 1.36 bits per heavy atom. The molecule has 0 atom stereocenters. The molecule has 2 aromatic rings. The van der Waals surface area contributed by atoms with E-state index in [-0.39, 0.29) is 0 Å². The lowest BCUT2D eigenvalue weighted by Crippen LogP contribution is -2.01. The first kappa shape index (κ1) is 8.36. The van der Waals surface area contributed by atoms with E-state index < -0.39 is 0 Å². The van der Waals surface area contributed by atoms with Gasteiger partial charge in [0, 0.05) is 24.8 Å². The number of nitrogens with two attached hydrogens (primary N) is 2. The van der Waals surface area contributed by atoms with Crippen LogP contribution in [0.15, 0.2) is 24.8 Å². The van der Waals surface area contributed by atoms with Gasteiger partial charge in [-0.3, -0.25) is 0 Å². The normalized spacial score (nSPS) is 10.0. The predicted molar refractivity (Wildman–Crippen MR) is 51.9 cm³/mol. The number of nitrogen functional groups attached to an aromatic ring is 2. The van der Waals surface area contributed by atoms with Gasteiger partial charge in [0.15, 0.2) is 11.6 Å². The zero-order chi connectivity index (χ0) is 9.97. The number of hydrogen-bond donors (Lipinski definition) is 2. The van der Waals surface area contributed by atoms with Gasteiger partial charge in [-0.05, 0) is 0 Å². The lowest BCUT2D eigenvalue weighted by atomic mass is 10.3. The van der Waals surface area contributed by atoms with Gasteiger partial charge >= 0.3 is 0 Å². The summed E-state index contributed by atoms with van der Waals surface area (Å²) in [6, 6.07) is 0. The van der Waals surface area contributed by atoms with Crippen LogP contribution >= 0.6 is 0 Å². The highest BCUT2D eigenvalue weighted by atomic mass is 15.0. The molecule has 0 unspecified atom stereocenters. The van der Waals surface area contributed by atoms with E-state index in [4.69, 9.17) is 11.5 Å². The van der Waals surface area contributed by atoms with Gasteiger partial charge < -0.3 is 11.5 Å². The first-order valence-electron chi connectivity index (χ1n) is 3.92. The molecule has 0 radical (unpaired) electrons. The number of aromatic nitrogens is 4. The Kier molecular flexibility index (Phi) is 1.94. The summed E-state index contributed by atoms with van der Waals surface area (Å²) in [5.41, 5.74) is 12.2. The molecule has 70 valence electrons. The van der Waals surface area contributed by atoms with Crippen LogP contribution in [0.4, 0.5) is 11.6 Å². The number of hydrogen-bond acceptors (Lipinski definition) is 6. The van der Waals surface area contributed by atoms with Gasteiger partial charge in [0.1, 0.15) is 11.4 Å². The molecule has 6 nitrogen and oxygen atoms in total. The van der Waals surface area contributed by atoms with Crippen LogP contribution in [0.5, 0.6) is 0 Å². The third-order valence-electron chi connectivity index (χ3n) is 1.68. The molecule has 0 saturated carbocycles. The van der Waals surface area contributed by atoms with Crippen LogP contribution < -0.4 is 11.5 Å². The van der Waals surface area contributed by atoms with Crippen LogP contribution in [0.25, 0.3) is 11.4 Å². The van der Waals surface area contributed by atoms with Crippen molar-refractivity contribution in [2.75, 3.05) is 11.5 Å². The number of nitrogens with zero attached hydrogens (tertiary/aromatic N) is 4. The fraction of sp³-hybridized carbons (Fsp3) is 0. The van der Waals surface area contributed by atoms with E-state index in [1.165, 1.54) is 24.8 Å². The lowest BCUT2D eigenvalue weighted by molar-refractivity contribution is 1.15. The first-order valence-corrected chi connectivity index (χ1v) is 3.92. The van der Waals surface area contributed by atoms with E-state index in [1.807, 2.05) is 0 Å². The van der Waals surface area contributed by atoms with Crippen LogP contribution in [0.2, 0.25) is 0 Å². The summed E-state index contributed by atoms with van der Waals surface area (Å²) in [5, 5.41) is 0. The minimum Gasteiger partial charge on any atom is -0.382 e. The molecule has 4 N–H and O–H groups in total. The molecule has 14 heavy (non-hydrogen) atoms. The molecule has 0 amide bonds. The summed E-state index contributed by atoms with van der Waals surface area (Å²) in [5.74, 6) is 0.583. The summed E-state index contributed by atoms with van der Waals surface area (Å²) >= 11 is 0. The average Bonchev–Trinajstić information content (AvgIpc) is 2.20. The van der Waals surface area contributed by atoms with Crippen molar-refractivity contribution in [1.29, 1.82) is 0 Å². The quantitative estimate of drug-likeness (QED) is 0.657. The minimum absolute atomic E-state index is 0.291. The second kappa shape index (κ2) is 3.25. The van der Waals surface area contributed by atoms with Crippen molar-refractivity contribution in [3.63, 3.8) is 0 Å². The molecule has 0 spiro atoms. The topological polar surface area (TPSA) is 104 Å². The van der Waals surface area contributed by atoms with E-state index >= 15 is 0 Å². The highest BCUT2D eigenvalue weighted by molar-refractivity contribution is 5.73. The monoisotopic (exact) mass is 188 g/mol. The summed E-state index contributed by atoms with van der Waals surface area (Å²) in [6.45, 7) is 0. The van der Waals surface area contributed by atoms with E-state index in [0.29, 0.717) is 23.0 Å². The van der Waals surface area contributed by atoms with Crippen molar-refractivity contribution in [2.45, 2.75) is 0 Å². The summed E-state index contributed by atoms with van der Waals surface area (Å²) in [6.07, 6.45) is 6.07. The van der Waals surface area contributed by atoms with Crippen molar-refractivity contribution in [2.24, 2.45) is 0 Å². The molecule has 0 aliphatic heterocycles. The molecule has 2 rings (SSSR count). The molecule has 0 saturated heterocycles. The molecule has 0 bridgehead atoms. The molecular weight excluding hydrogens is 180 g/mol. The molecule has 2 aromatic heterocycles. The third kappa shape index (κ3) is 1.33. The largest absolute Gasteiger partial charge is 0.382 e. The molecule has 6 heteroatoms. The zero-order valence-corrected chi connectivity index (χ0v) is 7.25. The van der Waals surface area contributed by atoms with Crippen LogP contribution in [0.1, 0.15) is 0 Å². The van der Waals surface area contributed by atoms with Gasteiger partial charge in [-0.2, -0.15) is 0 Å². The highest BCUT2D eigenvalue weighted by Crippen LogP contribution is 2.22. The first-order chi connectivity index (χ1) is 6.79. The Labute approximate surface area is 80.0 Å². The third-order valence-corrected chi connectivity index (χ3v) is 1.68. The van der Waals surface area contributed by atoms with Gasteiger partial charge in [0.2, 0.25) is 0 Å². The summed E-state index contributed by atoms with van der Waals surface area (Å²) < 4.78 is 0. The molecular formula is C8H8N6. The standard InChI is InChI=1S/C8H8N6/c9-7-5(11-1-3-13-7)6-8(10)14-4-2-12-6/h1-4H,(H2,9,13)(H2,10,14). The van der Waals surface area contributed by atoms with Crippen LogP contribution in [-0.2, 0) is 0 Å². The Morgan fingerprint density at radius 2 is 1.00 bits per heavy atom. The lowest BCUT2D eigenvalue weighted by Gasteiger charge is -2.03. The molecule has 0 aliphatic carbocycles. The van der Waals surface area contributed by atoms with Gasteiger partial charge in [-0.25, -0.2) is 19.9 Å². The van der Waals surface area contributed by atoms with Gasteiger partial charge in [0.25, 0.3) is 0 Å². The fourth-order valence-corrected chi connectivity index (χ4v) is 1.06. The van der Waals surface area contributed by atoms with Gasteiger partial charge in [0.05, 0.1) is 0 Å². The number of rotatable bonds is 1. The smallest absolute Gasteiger partial charge is 0.151 e. The van der Waals surface area contributed by atoms with Gasteiger partial charge in [-0.1, -0.05) is 0 Å². The van der Waals surface area contributed by atoms with Crippen LogP contribution in [0, 0.1) is 0 Å². The Hall–Kier alpha value is -2.24. The molecule has 0 aliphatic rings. The van der Waals surface area contributed by atoms with E-state index in [9.17, 15) is 0 Å². The average molecular weight is 188 g/mol. The van der Waals surface area contributed by atoms with E-state index in [2.05, 4.69) is 19.9 Å². The van der Waals surface area contributed by atoms with Gasteiger partial charge in [-0.15, -0.1) is 0 Å². The SMILES string of the molecule is Nc1nccnc1-c1nccnc1N. The van der Waals surface area contributed by atoms with Crippen molar-refractivity contribution in [3.8, 4) is 11.4 Å². The summed E-state index contributed by atoms with van der Waals surface area (Å²) in [4.78, 5) is 15.9. The maximum absolute atomic E-state index is 5.62. The molecule has 0 fully saturated rings.